The minimum Gasteiger partial charge on any atom is -0.497 e. The number of nitrogens with zero attached hydrogens (tertiary/aromatic N) is 1. The highest BCUT2D eigenvalue weighted by Crippen LogP contribution is 2.28. The van der Waals surface area contributed by atoms with Crippen LogP contribution in [0.3, 0.4) is 0 Å². The number of piperidine rings is 1. The number of ether oxygens (including phenoxy) is 2. The molecule has 0 aromatic heterocycles. The van der Waals surface area contributed by atoms with E-state index in [2.05, 4.69) is 5.32 Å². The van der Waals surface area contributed by atoms with Crippen LogP contribution in [0, 0.1) is 5.92 Å². The van der Waals surface area contributed by atoms with E-state index >= 15 is 0 Å². The summed E-state index contributed by atoms with van der Waals surface area (Å²) in [5.41, 5.74) is 1.87. The fourth-order valence-corrected chi connectivity index (χ4v) is 5.86. The third-order valence-corrected chi connectivity index (χ3v) is 8.20. The molecule has 2 atom stereocenters. The fraction of sp³-hybridized carbons (Fsp3) is 0.296. The van der Waals surface area contributed by atoms with E-state index < -0.39 is 15.9 Å². The van der Waals surface area contributed by atoms with Crippen molar-refractivity contribution in [1.29, 1.82) is 0 Å². The summed E-state index contributed by atoms with van der Waals surface area (Å²) in [5, 5.41) is 3.17. The quantitative estimate of drug-likeness (QED) is 0.512. The topological polar surface area (TPSA) is 84.9 Å². The summed E-state index contributed by atoms with van der Waals surface area (Å²) >= 11 is 0. The van der Waals surface area contributed by atoms with E-state index in [-0.39, 0.29) is 23.4 Å². The van der Waals surface area contributed by atoms with Crippen LogP contribution in [0.2, 0.25) is 0 Å². The van der Waals surface area contributed by atoms with Crippen LogP contribution in [0.1, 0.15) is 30.0 Å². The van der Waals surface area contributed by atoms with Crippen molar-refractivity contribution in [2.24, 2.45) is 5.92 Å². The predicted molar refractivity (Wildman–Crippen MR) is 134 cm³/mol. The van der Waals surface area contributed by atoms with Crippen molar-refractivity contribution < 1.29 is 22.7 Å². The standard InChI is InChI=1S/C27H30N2O5S/c1-33-23-12-10-21(11-13-23)26(20-7-4-3-5-8-20)28-27(30)22-9-6-18-29(19-22)35(31,32)25-16-14-24(34-2)15-17-25/h3-5,7-8,10-17,22,26H,6,9,18-19H2,1-2H3,(H,28,30). The zero-order valence-corrected chi connectivity index (χ0v) is 20.7. The van der Waals surface area contributed by atoms with Crippen molar-refractivity contribution in [3.63, 3.8) is 0 Å². The molecule has 1 heterocycles. The SMILES string of the molecule is COc1ccc(C(NC(=O)C2CCCN(S(=O)(=O)c3ccc(OC)cc3)C2)c2ccccc2)cc1. The molecule has 2 unspecified atom stereocenters. The van der Waals surface area contributed by atoms with E-state index in [4.69, 9.17) is 9.47 Å². The monoisotopic (exact) mass is 494 g/mol. The van der Waals surface area contributed by atoms with Gasteiger partial charge in [-0.25, -0.2) is 8.42 Å². The molecule has 7 nitrogen and oxygen atoms in total. The minimum absolute atomic E-state index is 0.143. The predicted octanol–water partition coefficient (Wildman–Crippen LogP) is 4.01. The Labute approximate surface area is 206 Å². The number of rotatable bonds is 8. The zero-order chi connectivity index (χ0) is 24.8. The molecule has 0 spiro atoms. The molecule has 4 rings (SSSR count). The van der Waals surface area contributed by atoms with E-state index in [1.807, 2.05) is 54.6 Å². The molecule has 0 aliphatic carbocycles. The molecule has 0 saturated carbocycles. The van der Waals surface area contributed by atoms with Crippen molar-refractivity contribution in [3.8, 4) is 11.5 Å². The summed E-state index contributed by atoms with van der Waals surface area (Å²) in [5.74, 6) is 0.717. The maximum atomic E-state index is 13.4. The van der Waals surface area contributed by atoms with Gasteiger partial charge in [-0.1, -0.05) is 42.5 Å². The third kappa shape index (κ3) is 5.66. The summed E-state index contributed by atoms with van der Waals surface area (Å²) in [6.45, 7) is 0.531. The smallest absolute Gasteiger partial charge is 0.243 e. The van der Waals surface area contributed by atoms with Crippen molar-refractivity contribution in [1.82, 2.24) is 9.62 Å². The van der Waals surface area contributed by atoms with Crippen LogP contribution in [-0.2, 0) is 14.8 Å². The van der Waals surface area contributed by atoms with E-state index in [0.717, 1.165) is 16.9 Å². The van der Waals surface area contributed by atoms with Gasteiger partial charge >= 0.3 is 0 Å². The van der Waals surface area contributed by atoms with Gasteiger partial charge in [-0.05, 0) is 60.4 Å². The number of hydrogen-bond donors (Lipinski definition) is 1. The Morgan fingerprint density at radius 2 is 1.46 bits per heavy atom. The lowest BCUT2D eigenvalue weighted by Gasteiger charge is -2.32. The molecule has 3 aromatic rings. The van der Waals surface area contributed by atoms with Gasteiger partial charge in [0.15, 0.2) is 0 Å². The van der Waals surface area contributed by atoms with Gasteiger partial charge < -0.3 is 14.8 Å². The molecule has 1 aliphatic rings. The Bertz CT molecular complexity index is 1230. The Morgan fingerprint density at radius 1 is 0.886 bits per heavy atom. The van der Waals surface area contributed by atoms with Gasteiger partial charge in [-0.15, -0.1) is 0 Å². The number of methoxy groups -OCH3 is 2. The molecule has 1 N–H and O–H groups in total. The molecule has 3 aromatic carbocycles. The first kappa shape index (κ1) is 24.8. The Balaban J connectivity index is 1.52. The van der Waals surface area contributed by atoms with E-state index in [0.29, 0.717) is 25.1 Å². The Hall–Kier alpha value is -3.36. The number of benzene rings is 3. The lowest BCUT2D eigenvalue weighted by atomic mass is 9.95. The van der Waals surface area contributed by atoms with Gasteiger partial charge in [0.25, 0.3) is 0 Å². The molecule has 1 aliphatic heterocycles. The molecule has 8 heteroatoms. The number of hydrogen-bond acceptors (Lipinski definition) is 5. The average Bonchev–Trinajstić information content (AvgIpc) is 2.92. The summed E-state index contributed by atoms with van der Waals surface area (Å²) in [7, 11) is -0.565. The van der Waals surface area contributed by atoms with Crippen LogP contribution in [0.25, 0.3) is 0 Å². The summed E-state index contributed by atoms with van der Waals surface area (Å²) in [6, 6.07) is 23.3. The zero-order valence-electron chi connectivity index (χ0n) is 19.9. The summed E-state index contributed by atoms with van der Waals surface area (Å²) in [4.78, 5) is 13.6. The van der Waals surface area contributed by atoms with Crippen LogP contribution >= 0.6 is 0 Å². The van der Waals surface area contributed by atoms with Crippen molar-refractivity contribution >= 4 is 15.9 Å². The second kappa shape index (κ2) is 10.9. The lowest BCUT2D eigenvalue weighted by Crippen LogP contribution is -2.46. The van der Waals surface area contributed by atoms with Gasteiger partial charge in [0.1, 0.15) is 11.5 Å². The number of nitrogens with one attached hydrogen (secondary N) is 1. The molecule has 0 bridgehead atoms. The molecular formula is C27H30N2O5S. The average molecular weight is 495 g/mol. The first-order valence-corrected chi connectivity index (χ1v) is 13.0. The first-order chi connectivity index (χ1) is 16.9. The Morgan fingerprint density at radius 3 is 2.06 bits per heavy atom. The second-order valence-corrected chi connectivity index (χ2v) is 10.4. The van der Waals surface area contributed by atoms with Crippen molar-refractivity contribution in [3.05, 3.63) is 90.0 Å². The highest BCUT2D eigenvalue weighted by atomic mass is 32.2. The second-order valence-electron chi connectivity index (χ2n) is 8.50. The maximum absolute atomic E-state index is 13.4. The fourth-order valence-electron chi connectivity index (χ4n) is 4.33. The van der Waals surface area contributed by atoms with Gasteiger partial charge in [0.2, 0.25) is 15.9 Å². The van der Waals surface area contributed by atoms with Crippen LogP contribution < -0.4 is 14.8 Å². The normalized spacial score (nSPS) is 17.4. The number of carbonyl (C=O) groups is 1. The van der Waals surface area contributed by atoms with Crippen LogP contribution in [-0.4, -0.2) is 45.9 Å². The van der Waals surface area contributed by atoms with Gasteiger partial charge in [0.05, 0.1) is 31.1 Å². The molecule has 1 saturated heterocycles. The van der Waals surface area contributed by atoms with E-state index in [1.165, 1.54) is 23.5 Å². The number of amides is 1. The Kier molecular flexibility index (Phi) is 7.73. The third-order valence-electron chi connectivity index (χ3n) is 6.32. The first-order valence-electron chi connectivity index (χ1n) is 11.6. The lowest BCUT2D eigenvalue weighted by molar-refractivity contribution is -0.126. The molecule has 1 fully saturated rings. The van der Waals surface area contributed by atoms with Crippen LogP contribution in [0.4, 0.5) is 0 Å². The highest BCUT2D eigenvalue weighted by Gasteiger charge is 2.34. The summed E-state index contributed by atoms with van der Waals surface area (Å²) in [6.07, 6.45) is 1.25. The van der Waals surface area contributed by atoms with Crippen LogP contribution in [0.15, 0.2) is 83.8 Å². The summed E-state index contributed by atoms with van der Waals surface area (Å²) < 4.78 is 38.3. The molecule has 184 valence electrons. The largest absolute Gasteiger partial charge is 0.497 e. The van der Waals surface area contributed by atoms with Gasteiger partial charge in [-0.2, -0.15) is 4.31 Å². The molecule has 0 radical (unpaired) electrons. The molecular weight excluding hydrogens is 464 g/mol. The number of sulfonamides is 1. The van der Waals surface area contributed by atoms with Crippen molar-refractivity contribution in [2.75, 3.05) is 27.3 Å². The molecule has 1 amide bonds. The van der Waals surface area contributed by atoms with E-state index in [1.54, 1.807) is 19.2 Å². The van der Waals surface area contributed by atoms with Crippen molar-refractivity contribution in [2.45, 2.75) is 23.8 Å². The number of carbonyl (C=O) groups excluding carboxylic acids is 1. The van der Waals surface area contributed by atoms with Gasteiger partial charge in [-0.3, -0.25) is 4.79 Å². The van der Waals surface area contributed by atoms with E-state index in [9.17, 15) is 13.2 Å². The van der Waals surface area contributed by atoms with Gasteiger partial charge in [0, 0.05) is 13.1 Å². The maximum Gasteiger partial charge on any atom is 0.243 e. The molecule has 35 heavy (non-hydrogen) atoms. The van der Waals surface area contributed by atoms with Crippen LogP contribution in [0.5, 0.6) is 11.5 Å². The highest BCUT2D eigenvalue weighted by molar-refractivity contribution is 7.89. The minimum atomic E-state index is -3.71.